The van der Waals surface area contributed by atoms with Crippen molar-refractivity contribution in [1.29, 1.82) is 0 Å². The van der Waals surface area contributed by atoms with Crippen molar-refractivity contribution in [3.8, 4) is 22.9 Å². The Balaban J connectivity index is 1.58. The van der Waals surface area contributed by atoms with E-state index in [0.717, 1.165) is 49.5 Å². The topological polar surface area (TPSA) is 44.2 Å². The van der Waals surface area contributed by atoms with Crippen LogP contribution in [0.5, 0.6) is 11.5 Å². The Morgan fingerprint density at radius 3 is 1.67 bits per heavy atom. The molecule has 0 saturated heterocycles. The first-order valence-electron chi connectivity index (χ1n) is 12.0. The first kappa shape index (κ1) is 24.2. The summed E-state index contributed by atoms with van der Waals surface area (Å²) in [5, 5.41) is 0. The van der Waals surface area contributed by atoms with Crippen LogP contribution < -0.4 is 9.47 Å². The maximum absolute atomic E-state index is 5.80. The smallest absolute Gasteiger partial charge is 0.159 e. The SMILES string of the molecule is CCCCCCCCCCCCOc1cnc(-c2ccc(OCCCC)cc2)nc1. The average Bonchev–Trinajstić information content (AvgIpc) is 2.79. The molecule has 1 aromatic heterocycles. The molecule has 0 unspecified atom stereocenters. The molecule has 2 aromatic rings. The van der Waals surface area contributed by atoms with E-state index in [1.54, 1.807) is 12.4 Å². The van der Waals surface area contributed by atoms with Crippen molar-refractivity contribution in [2.75, 3.05) is 13.2 Å². The van der Waals surface area contributed by atoms with Crippen molar-refractivity contribution >= 4 is 0 Å². The summed E-state index contributed by atoms with van der Waals surface area (Å²) in [5.74, 6) is 2.35. The number of unbranched alkanes of at least 4 members (excludes halogenated alkanes) is 10. The molecule has 0 N–H and O–H groups in total. The van der Waals surface area contributed by atoms with Crippen LogP contribution in [-0.2, 0) is 0 Å². The summed E-state index contributed by atoms with van der Waals surface area (Å²) in [5.41, 5.74) is 0.985. The second-order valence-corrected chi connectivity index (χ2v) is 8.00. The number of hydrogen-bond donors (Lipinski definition) is 0. The lowest BCUT2D eigenvalue weighted by molar-refractivity contribution is 0.302. The summed E-state index contributed by atoms with van der Waals surface area (Å²) >= 11 is 0. The first-order chi connectivity index (χ1) is 14.8. The summed E-state index contributed by atoms with van der Waals surface area (Å²) in [6.07, 6.45) is 19.1. The third-order valence-corrected chi connectivity index (χ3v) is 5.27. The van der Waals surface area contributed by atoms with Gasteiger partial charge in [-0.25, -0.2) is 9.97 Å². The summed E-state index contributed by atoms with van der Waals surface area (Å²) in [6.45, 7) is 5.93. The van der Waals surface area contributed by atoms with E-state index in [0.29, 0.717) is 5.82 Å². The number of rotatable bonds is 17. The summed E-state index contributed by atoms with van der Waals surface area (Å²) < 4.78 is 11.5. The number of hydrogen-bond acceptors (Lipinski definition) is 4. The van der Waals surface area contributed by atoms with Gasteiger partial charge in [-0.3, -0.25) is 0 Å². The quantitative estimate of drug-likeness (QED) is 0.251. The molecule has 4 nitrogen and oxygen atoms in total. The third kappa shape index (κ3) is 10.1. The van der Waals surface area contributed by atoms with E-state index in [4.69, 9.17) is 9.47 Å². The lowest BCUT2D eigenvalue weighted by Crippen LogP contribution is -1.99. The van der Waals surface area contributed by atoms with Crippen molar-refractivity contribution in [2.24, 2.45) is 0 Å². The van der Waals surface area contributed by atoms with Gasteiger partial charge in [0.2, 0.25) is 0 Å². The van der Waals surface area contributed by atoms with Crippen LogP contribution in [0.4, 0.5) is 0 Å². The average molecular weight is 413 g/mol. The van der Waals surface area contributed by atoms with E-state index in [1.807, 2.05) is 24.3 Å². The molecule has 2 rings (SSSR count). The zero-order valence-electron chi connectivity index (χ0n) is 19.1. The molecule has 0 radical (unpaired) electrons. The molecule has 0 fully saturated rings. The Morgan fingerprint density at radius 2 is 1.07 bits per heavy atom. The molecular weight excluding hydrogens is 372 g/mol. The van der Waals surface area contributed by atoms with Crippen LogP contribution in [0.3, 0.4) is 0 Å². The zero-order valence-corrected chi connectivity index (χ0v) is 19.1. The molecule has 0 bridgehead atoms. The molecule has 0 aliphatic rings. The predicted octanol–water partition coefficient (Wildman–Crippen LogP) is 7.62. The van der Waals surface area contributed by atoms with E-state index in [9.17, 15) is 0 Å². The maximum atomic E-state index is 5.80. The second-order valence-electron chi connectivity index (χ2n) is 8.00. The molecule has 1 aromatic carbocycles. The molecule has 0 aliphatic heterocycles. The maximum Gasteiger partial charge on any atom is 0.159 e. The van der Waals surface area contributed by atoms with Gasteiger partial charge in [0.05, 0.1) is 25.6 Å². The Morgan fingerprint density at radius 1 is 0.567 bits per heavy atom. The van der Waals surface area contributed by atoms with Gasteiger partial charge in [-0.1, -0.05) is 78.1 Å². The molecule has 0 atom stereocenters. The monoisotopic (exact) mass is 412 g/mol. The van der Waals surface area contributed by atoms with Gasteiger partial charge in [-0.2, -0.15) is 0 Å². The molecule has 4 heteroatoms. The largest absolute Gasteiger partial charge is 0.494 e. The van der Waals surface area contributed by atoms with Crippen molar-refractivity contribution in [3.05, 3.63) is 36.7 Å². The minimum Gasteiger partial charge on any atom is -0.494 e. The number of benzene rings is 1. The van der Waals surface area contributed by atoms with Crippen molar-refractivity contribution in [1.82, 2.24) is 9.97 Å². The minimum absolute atomic E-state index is 0.710. The van der Waals surface area contributed by atoms with Gasteiger partial charge in [-0.05, 0) is 37.1 Å². The third-order valence-electron chi connectivity index (χ3n) is 5.27. The van der Waals surface area contributed by atoms with Crippen LogP contribution in [0.1, 0.15) is 90.9 Å². The zero-order chi connectivity index (χ0) is 21.3. The van der Waals surface area contributed by atoms with E-state index in [2.05, 4.69) is 23.8 Å². The number of ether oxygens (including phenoxy) is 2. The van der Waals surface area contributed by atoms with E-state index in [1.165, 1.54) is 57.8 Å². The lowest BCUT2D eigenvalue weighted by atomic mass is 10.1. The summed E-state index contributed by atoms with van der Waals surface area (Å²) in [7, 11) is 0. The Hall–Kier alpha value is -2.10. The molecule has 1 heterocycles. The van der Waals surface area contributed by atoms with Gasteiger partial charge >= 0.3 is 0 Å². The fraction of sp³-hybridized carbons (Fsp3) is 0.615. The lowest BCUT2D eigenvalue weighted by Gasteiger charge is -2.08. The van der Waals surface area contributed by atoms with E-state index < -0.39 is 0 Å². The van der Waals surface area contributed by atoms with Gasteiger partial charge < -0.3 is 9.47 Å². The van der Waals surface area contributed by atoms with Gasteiger partial charge in [0.25, 0.3) is 0 Å². The highest BCUT2D eigenvalue weighted by molar-refractivity contribution is 5.56. The Labute approximate surface area is 183 Å². The minimum atomic E-state index is 0.710. The highest BCUT2D eigenvalue weighted by atomic mass is 16.5. The van der Waals surface area contributed by atoms with Gasteiger partial charge in [0.15, 0.2) is 11.6 Å². The van der Waals surface area contributed by atoms with Gasteiger partial charge in [-0.15, -0.1) is 0 Å². The van der Waals surface area contributed by atoms with E-state index in [-0.39, 0.29) is 0 Å². The molecule has 30 heavy (non-hydrogen) atoms. The Bertz CT molecular complexity index is 656. The molecule has 166 valence electrons. The molecule has 0 spiro atoms. The summed E-state index contributed by atoms with van der Waals surface area (Å²) in [6, 6.07) is 7.95. The van der Waals surface area contributed by atoms with Crippen LogP contribution in [-0.4, -0.2) is 23.2 Å². The van der Waals surface area contributed by atoms with Crippen molar-refractivity contribution in [2.45, 2.75) is 90.9 Å². The predicted molar refractivity (Wildman–Crippen MR) is 125 cm³/mol. The second kappa shape index (κ2) is 15.7. The number of nitrogens with zero attached hydrogens (tertiary/aromatic N) is 2. The molecule has 0 amide bonds. The molecule has 0 saturated carbocycles. The van der Waals surface area contributed by atoms with Crippen LogP contribution in [0, 0.1) is 0 Å². The highest BCUT2D eigenvalue weighted by Crippen LogP contribution is 2.20. The normalized spacial score (nSPS) is 10.9. The fourth-order valence-electron chi connectivity index (χ4n) is 3.35. The summed E-state index contributed by atoms with van der Waals surface area (Å²) in [4.78, 5) is 8.89. The van der Waals surface area contributed by atoms with Gasteiger partial charge in [0, 0.05) is 5.56 Å². The molecular formula is C26H40N2O2. The van der Waals surface area contributed by atoms with Crippen LogP contribution in [0.25, 0.3) is 11.4 Å². The number of aromatic nitrogens is 2. The highest BCUT2D eigenvalue weighted by Gasteiger charge is 2.03. The van der Waals surface area contributed by atoms with Crippen LogP contribution in [0.15, 0.2) is 36.7 Å². The van der Waals surface area contributed by atoms with E-state index >= 15 is 0 Å². The standard InChI is InChI=1S/C26H40N2O2/c1-3-5-7-8-9-10-11-12-13-14-20-30-25-21-27-26(28-22-25)23-15-17-24(18-16-23)29-19-6-4-2/h15-18,21-22H,3-14,19-20H2,1-2H3. The first-order valence-corrected chi connectivity index (χ1v) is 12.0. The molecule has 0 aliphatic carbocycles. The van der Waals surface area contributed by atoms with Gasteiger partial charge in [0.1, 0.15) is 5.75 Å². The van der Waals surface area contributed by atoms with Crippen molar-refractivity contribution in [3.63, 3.8) is 0 Å². The van der Waals surface area contributed by atoms with Crippen LogP contribution >= 0.6 is 0 Å². The Kier molecular flexibility index (Phi) is 12.7. The van der Waals surface area contributed by atoms with Crippen molar-refractivity contribution < 1.29 is 9.47 Å². The fourth-order valence-corrected chi connectivity index (χ4v) is 3.35. The van der Waals surface area contributed by atoms with Crippen LogP contribution in [0.2, 0.25) is 0 Å².